The molecule has 1 aromatic rings. The molecule has 6 heteroatoms. The van der Waals surface area contributed by atoms with E-state index in [0.29, 0.717) is 28.4 Å². The summed E-state index contributed by atoms with van der Waals surface area (Å²) in [6.45, 7) is 2.09. The third-order valence-electron chi connectivity index (χ3n) is 2.41. The highest BCUT2D eigenvalue weighted by molar-refractivity contribution is 8.00. The summed E-state index contributed by atoms with van der Waals surface area (Å²) in [6, 6.07) is 6.72. The van der Waals surface area contributed by atoms with Crippen LogP contribution in [0.2, 0.25) is 5.02 Å². The van der Waals surface area contributed by atoms with Crippen molar-refractivity contribution in [2.45, 2.75) is 18.6 Å². The molecule has 0 fully saturated rings. The number of carbonyl (C=O) groups excluding carboxylic acids is 1. The maximum absolute atomic E-state index is 11.7. The summed E-state index contributed by atoms with van der Waals surface area (Å²) < 4.78 is 0. The molecule has 0 aliphatic rings. The monoisotopic (exact) mass is 298 g/mol. The van der Waals surface area contributed by atoms with Crippen molar-refractivity contribution >= 4 is 35.0 Å². The van der Waals surface area contributed by atoms with Crippen LogP contribution in [-0.4, -0.2) is 28.6 Å². The van der Waals surface area contributed by atoms with Gasteiger partial charge in [0.15, 0.2) is 0 Å². The third kappa shape index (κ3) is 5.52. The Morgan fingerprint density at radius 3 is 2.95 bits per heavy atom. The first-order valence-electron chi connectivity index (χ1n) is 5.78. The summed E-state index contributed by atoms with van der Waals surface area (Å²) in [5.74, 6) is 0.189. The molecule has 19 heavy (non-hydrogen) atoms. The summed E-state index contributed by atoms with van der Waals surface area (Å²) in [6.07, 6.45) is 0.667. The first-order chi connectivity index (χ1) is 9.06. The molecule has 1 rings (SSSR count). The minimum absolute atomic E-state index is 0.126. The molecule has 0 saturated heterocycles. The van der Waals surface area contributed by atoms with Crippen molar-refractivity contribution in [2.24, 2.45) is 0 Å². The molecule has 0 aromatic heterocycles. The summed E-state index contributed by atoms with van der Waals surface area (Å²) in [5.41, 5.74) is 0.954. The first-order valence-corrected chi connectivity index (χ1v) is 7.21. The zero-order valence-corrected chi connectivity index (χ0v) is 12.1. The van der Waals surface area contributed by atoms with Crippen molar-refractivity contribution < 1.29 is 9.90 Å². The van der Waals surface area contributed by atoms with Gasteiger partial charge in [-0.25, -0.2) is 0 Å². The normalized spacial score (nSPS) is 11.7. The molecular weight excluding hydrogens is 284 g/mol. The molecule has 0 saturated carbocycles. The molecule has 1 aromatic carbocycles. The van der Waals surface area contributed by atoms with Crippen LogP contribution in [0.1, 0.15) is 18.9 Å². The molecule has 4 nitrogen and oxygen atoms in total. The smallest absolute Gasteiger partial charge is 0.234 e. The Bertz CT molecular complexity index is 488. The van der Waals surface area contributed by atoms with Crippen LogP contribution < -0.4 is 5.32 Å². The van der Waals surface area contributed by atoms with Gasteiger partial charge in [0.2, 0.25) is 5.91 Å². The summed E-state index contributed by atoms with van der Waals surface area (Å²) in [5, 5.41) is 20.8. The fraction of sp³-hybridized carbons (Fsp3) is 0.385. The van der Waals surface area contributed by atoms with E-state index < -0.39 is 0 Å². The Hall–Kier alpha value is -1.22. The number of benzene rings is 1. The number of anilines is 1. The second kappa shape index (κ2) is 8.05. The predicted molar refractivity (Wildman–Crippen MR) is 78.4 cm³/mol. The van der Waals surface area contributed by atoms with Crippen LogP contribution >= 0.6 is 23.4 Å². The second-order valence-electron chi connectivity index (χ2n) is 3.99. The van der Waals surface area contributed by atoms with Gasteiger partial charge in [-0.1, -0.05) is 18.5 Å². The fourth-order valence-corrected chi connectivity index (χ4v) is 2.37. The van der Waals surface area contributed by atoms with Gasteiger partial charge in [-0.15, -0.1) is 11.8 Å². The molecular formula is C13H15ClN2O2S. The van der Waals surface area contributed by atoms with Gasteiger partial charge in [-0.05, 0) is 24.6 Å². The van der Waals surface area contributed by atoms with Crippen molar-refractivity contribution in [3.05, 3.63) is 28.8 Å². The largest absolute Gasteiger partial charge is 0.396 e. The highest BCUT2D eigenvalue weighted by Crippen LogP contribution is 2.21. The topological polar surface area (TPSA) is 73.1 Å². The number of nitrogens with zero attached hydrogens (tertiary/aromatic N) is 1. The fourth-order valence-electron chi connectivity index (χ4n) is 1.36. The molecule has 0 bridgehead atoms. The average molecular weight is 299 g/mol. The van der Waals surface area contributed by atoms with Crippen molar-refractivity contribution in [1.29, 1.82) is 5.26 Å². The number of rotatable bonds is 6. The second-order valence-corrected chi connectivity index (χ2v) is 5.82. The number of carbonyl (C=O) groups is 1. The molecule has 0 aliphatic heterocycles. The molecule has 1 amide bonds. The number of thioether (sulfide) groups is 1. The van der Waals surface area contributed by atoms with Gasteiger partial charge in [0.05, 0.1) is 16.3 Å². The van der Waals surface area contributed by atoms with E-state index in [9.17, 15) is 4.79 Å². The van der Waals surface area contributed by atoms with Gasteiger partial charge in [-0.3, -0.25) is 4.79 Å². The van der Waals surface area contributed by atoms with E-state index in [0.717, 1.165) is 0 Å². The molecule has 102 valence electrons. The molecule has 0 aliphatic carbocycles. The van der Waals surface area contributed by atoms with E-state index in [1.807, 2.05) is 13.0 Å². The van der Waals surface area contributed by atoms with Gasteiger partial charge in [0, 0.05) is 17.5 Å². The van der Waals surface area contributed by atoms with Crippen LogP contribution in [0.5, 0.6) is 0 Å². The van der Waals surface area contributed by atoms with E-state index in [1.165, 1.54) is 11.8 Å². The lowest BCUT2D eigenvalue weighted by molar-refractivity contribution is -0.113. The van der Waals surface area contributed by atoms with Crippen LogP contribution in [0.4, 0.5) is 5.69 Å². The number of amides is 1. The van der Waals surface area contributed by atoms with E-state index in [4.69, 9.17) is 22.0 Å². The molecule has 0 heterocycles. The number of hydrogen-bond acceptors (Lipinski definition) is 4. The molecule has 0 spiro atoms. The van der Waals surface area contributed by atoms with Crippen molar-refractivity contribution in [3.63, 3.8) is 0 Å². The number of aliphatic hydroxyl groups excluding tert-OH is 1. The maximum Gasteiger partial charge on any atom is 0.234 e. The number of nitriles is 1. The Morgan fingerprint density at radius 2 is 2.37 bits per heavy atom. The standard InChI is InChI=1S/C13H15ClN2O2S/c1-9(4-5-17)19-8-13(18)16-11-3-2-10(7-15)12(14)6-11/h2-3,6,9,17H,4-5,8H2,1H3,(H,16,18). The van der Waals surface area contributed by atoms with E-state index in [1.54, 1.807) is 18.2 Å². The lowest BCUT2D eigenvalue weighted by Gasteiger charge is -2.10. The molecule has 0 radical (unpaired) electrons. The molecule has 1 atom stereocenters. The molecule has 1 unspecified atom stereocenters. The zero-order valence-electron chi connectivity index (χ0n) is 10.5. The van der Waals surface area contributed by atoms with Crippen LogP contribution in [0.25, 0.3) is 0 Å². The Balaban J connectivity index is 2.49. The summed E-state index contributed by atoms with van der Waals surface area (Å²) >= 11 is 7.36. The van der Waals surface area contributed by atoms with E-state index >= 15 is 0 Å². The summed E-state index contributed by atoms with van der Waals surface area (Å²) in [4.78, 5) is 11.7. The van der Waals surface area contributed by atoms with E-state index in [-0.39, 0.29) is 17.8 Å². The molecule has 2 N–H and O–H groups in total. The average Bonchev–Trinajstić information content (AvgIpc) is 2.37. The third-order valence-corrected chi connectivity index (χ3v) is 3.95. The number of nitrogens with one attached hydrogen (secondary N) is 1. The Morgan fingerprint density at radius 1 is 1.63 bits per heavy atom. The van der Waals surface area contributed by atoms with Gasteiger partial charge in [-0.2, -0.15) is 5.26 Å². The lowest BCUT2D eigenvalue weighted by Crippen LogP contribution is -2.16. The number of aliphatic hydroxyl groups is 1. The Labute approximate surface area is 121 Å². The number of halogens is 1. The zero-order chi connectivity index (χ0) is 14.3. The van der Waals surface area contributed by atoms with Gasteiger partial charge in [0.25, 0.3) is 0 Å². The number of hydrogen-bond donors (Lipinski definition) is 2. The van der Waals surface area contributed by atoms with Crippen molar-refractivity contribution in [1.82, 2.24) is 0 Å². The quantitative estimate of drug-likeness (QED) is 0.847. The summed E-state index contributed by atoms with van der Waals surface area (Å²) in [7, 11) is 0. The van der Waals surface area contributed by atoms with Crippen molar-refractivity contribution in [3.8, 4) is 6.07 Å². The predicted octanol–water partition coefficient (Wildman–Crippen LogP) is 2.65. The van der Waals surface area contributed by atoms with Gasteiger partial charge in [0.1, 0.15) is 6.07 Å². The minimum Gasteiger partial charge on any atom is -0.396 e. The van der Waals surface area contributed by atoms with Crippen molar-refractivity contribution in [2.75, 3.05) is 17.7 Å². The first kappa shape index (κ1) is 15.8. The van der Waals surface area contributed by atoms with Crippen LogP contribution in [0, 0.1) is 11.3 Å². The SMILES string of the molecule is CC(CCO)SCC(=O)Nc1ccc(C#N)c(Cl)c1. The van der Waals surface area contributed by atoms with Gasteiger partial charge < -0.3 is 10.4 Å². The van der Waals surface area contributed by atoms with Crippen LogP contribution in [0.3, 0.4) is 0 Å². The van der Waals surface area contributed by atoms with Crippen LogP contribution in [0.15, 0.2) is 18.2 Å². The lowest BCUT2D eigenvalue weighted by atomic mass is 10.2. The highest BCUT2D eigenvalue weighted by Gasteiger charge is 2.08. The van der Waals surface area contributed by atoms with Gasteiger partial charge >= 0.3 is 0 Å². The Kier molecular flexibility index (Phi) is 6.71. The van der Waals surface area contributed by atoms with E-state index in [2.05, 4.69) is 5.32 Å². The minimum atomic E-state index is -0.129. The highest BCUT2D eigenvalue weighted by atomic mass is 35.5. The maximum atomic E-state index is 11.7. The van der Waals surface area contributed by atoms with Crippen LogP contribution in [-0.2, 0) is 4.79 Å².